The predicted molar refractivity (Wildman–Crippen MR) is 79.1 cm³/mol. The lowest BCUT2D eigenvalue weighted by atomic mass is 10.1. The standard InChI is InChI=1S/C15H19FN2S/c1-5-17-10(3)14-11(4)18-15(19-14)13-8-12(16)7-6-9(13)2/h6-8,10,17H,5H2,1-4H3. The van der Waals surface area contributed by atoms with Crippen molar-refractivity contribution in [1.82, 2.24) is 10.3 Å². The Labute approximate surface area is 117 Å². The molecule has 0 fully saturated rings. The maximum atomic E-state index is 13.4. The number of rotatable bonds is 4. The molecular weight excluding hydrogens is 259 g/mol. The highest BCUT2D eigenvalue weighted by Crippen LogP contribution is 2.33. The van der Waals surface area contributed by atoms with Gasteiger partial charge in [-0.05, 0) is 45.0 Å². The minimum Gasteiger partial charge on any atom is -0.310 e. The molecule has 1 atom stereocenters. The Morgan fingerprint density at radius 2 is 2.11 bits per heavy atom. The maximum Gasteiger partial charge on any atom is 0.124 e. The van der Waals surface area contributed by atoms with Gasteiger partial charge in [0.05, 0.1) is 5.69 Å². The molecule has 0 saturated heterocycles. The summed E-state index contributed by atoms with van der Waals surface area (Å²) in [5.41, 5.74) is 2.97. The molecule has 0 spiro atoms. The number of aromatic nitrogens is 1. The van der Waals surface area contributed by atoms with Gasteiger partial charge in [0.1, 0.15) is 10.8 Å². The number of nitrogens with one attached hydrogen (secondary N) is 1. The van der Waals surface area contributed by atoms with Gasteiger partial charge in [-0.2, -0.15) is 0 Å². The van der Waals surface area contributed by atoms with E-state index in [1.807, 2.05) is 13.8 Å². The molecule has 0 aliphatic heterocycles. The average Bonchev–Trinajstić information content (AvgIpc) is 2.74. The molecule has 1 N–H and O–H groups in total. The highest BCUT2D eigenvalue weighted by atomic mass is 32.1. The summed E-state index contributed by atoms with van der Waals surface area (Å²) in [6, 6.07) is 5.14. The van der Waals surface area contributed by atoms with Crippen LogP contribution in [0.5, 0.6) is 0 Å². The molecule has 2 aromatic rings. The van der Waals surface area contributed by atoms with E-state index in [2.05, 4.69) is 24.1 Å². The van der Waals surface area contributed by atoms with Gasteiger partial charge in [-0.25, -0.2) is 9.37 Å². The first kappa shape index (κ1) is 14.2. The van der Waals surface area contributed by atoms with E-state index >= 15 is 0 Å². The summed E-state index contributed by atoms with van der Waals surface area (Å²) in [6.07, 6.45) is 0. The van der Waals surface area contributed by atoms with Crippen molar-refractivity contribution in [3.8, 4) is 10.6 Å². The van der Waals surface area contributed by atoms with Crippen LogP contribution in [0.25, 0.3) is 10.6 Å². The van der Waals surface area contributed by atoms with E-state index in [0.717, 1.165) is 28.4 Å². The van der Waals surface area contributed by atoms with E-state index in [9.17, 15) is 4.39 Å². The molecule has 0 aliphatic rings. The number of halogens is 1. The summed E-state index contributed by atoms with van der Waals surface area (Å²) < 4.78 is 13.4. The third kappa shape index (κ3) is 3.01. The largest absolute Gasteiger partial charge is 0.310 e. The van der Waals surface area contributed by atoms with Crippen LogP contribution in [0.2, 0.25) is 0 Å². The normalized spacial score (nSPS) is 12.7. The summed E-state index contributed by atoms with van der Waals surface area (Å²) in [5, 5.41) is 4.29. The summed E-state index contributed by atoms with van der Waals surface area (Å²) in [5.74, 6) is -0.213. The maximum absolute atomic E-state index is 13.4. The van der Waals surface area contributed by atoms with Gasteiger partial charge in [-0.3, -0.25) is 0 Å². The summed E-state index contributed by atoms with van der Waals surface area (Å²) in [4.78, 5) is 5.82. The van der Waals surface area contributed by atoms with Gasteiger partial charge in [-0.1, -0.05) is 13.0 Å². The van der Waals surface area contributed by atoms with Gasteiger partial charge in [-0.15, -0.1) is 11.3 Å². The molecule has 1 aromatic carbocycles. The van der Waals surface area contributed by atoms with Crippen molar-refractivity contribution >= 4 is 11.3 Å². The number of hydrogen-bond donors (Lipinski definition) is 1. The number of nitrogens with zero attached hydrogens (tertiary/aromatic N) is 1. The molecule has 0 bridgehead atoms. The number of thiazole rings is 1. The van der Waals surface area contributed by atoms with E-state index in [4.69, 9.17) is 0 Å². The Morgan fingerprint density at radius 3 is 2.79 bits per heavy atom. The summed E-state index contributed by atoms with van der Waals surface area (Å²) >= 11 is 1.64. The van der Waals surface area contributed by atoms with E-state index < -0.39 is 0 Å². The summed E-state index contributed by atoms with van der Waals surface area (Å²) in [6.45, 7) is 9.14. The smallest absolute Gasteiger partial charge is 0.124 e. The SMILES string of the molecule is CCNC(C)c1sc(-c2cc(F)ccc2C)nc1C. The van der Waals surface area contributed by atoms with Crippen LogP contribution in [-0.2, 0) is 0 Å². The third-order valence-electron chi connectivity index (χ3n) is 3.17. The molecule has 0 saturated carbocycles. The zero-order chi connectivity index (χ0) is 14.0. The lowest BCUT2D eigenvalue weighted by molar-refractivity contribution is 0.603. The first-order chi connectivity index (χ1) is 9.02. The van der Waals surface area contributed by atoms with E-state index in [1.165, 1.54) is 10.9 Å². The quantitative estimate of drug-likeness (QED) is 0.905. The van der Waals surface area contributed by atoms with Gasteiger partial charge in [0.2, 0.25) is 0 Å². The Hall–Kier alpha value is -1.26. The van der Waals surface area contributed by atoms with Gasteiger partial charge in [0.15, 0.2) is 0 Å². The van der Waals surface area contributed by atoms with Gasteiger partial charge >= 0.3 is 0 Å². The highest BCUT2D eigenvalue weighted by Gasteiger charge is 2.15. The van der Waals surface area contributed by atoms with Crippen LogP contribution in [0.1, 0.15) is 36.0 Å². The topological polar surface area (TPSA) is 24.9 Å². The van der Waals surface area contributed by atoms with Crippen LogP contribution in [-0.4, -0.2) is 11.5 Å². The molecular formula is C15H19FN2S. The van der Waals surface area contributed by atoms with E-state index in [1.54, 1.807) is 23.5 Å². The van der Waals surface area contributed by atoms with Crippen molar-refractivity contribution in [2.75, 3.05) is 6.54 Å². The molecule has 1 unspecified atom stereocenters. The molecule has 0 amide bonds. The first-order valence-corrected chi connectivity index (χ1v) is 7.31. The molecule has 102 valence electrons. The molecule has 1 heterocycles. The van der Waals surface area contributed by atoms with Gasteiger partial charge < -0.3 is 5.32 Å². The Balaban J connectivity index is 2.41. The monoisotopic (exact) mass is 278 g/mol. The first-order valence-electron chi connectivity index (χ1n) is 6.50. The second-order valence-corrected chi connectivity index (χ2v) is 5.74. The predicted octanol–water partition coefficient (Wildman–Crippen LogP) is 4.24. The molecule has 0 radical (unpaired) electrons. The van der Waals surface area contributed by atoms with Crippen LogP contribution < -0.4 is 5.32 Å². The molecule has 1 aromatic heterocycles. The Morgan fingerprint density at radius 1 is 1.37 bits per heavy atom. The number of benzene rings is 1. The number of aryl methyl sites for hydroxylation is 2. The Kier molecular flexibility index (Phi) is 4.32. The van der Waals surface area contributed by atoms with E-state index in [0.29, 0.717) is 0 Å². The molecule has 2 rings (SSSR count). The van der Waals surface area contributed by atoms with Crippen LogP contribution in [0.3, 0.4) is 0 Å². The van der Waals surface area contributed by atoms with Crippen LogP contribution in [0.4, 0.5) is 4.39 Å². The fourth-order valence-electron chi connectivity index (χ4n) is 2.15. The van der Waals surface area contributed by atoms with Crippen molar-refractivity contribution < 1.29 is 4.39 Å². The third-order valence-corrected chi connectivity index (χ3v) is 4.54. The van der Waals surface area contributed by atoms with Crippen molar-refractivity contribution in [2.24, 2.45) is 0 Å². The molecule has 2 nitrogen and oxygen atoms in total. The van der Waals surface area contributed by atoms with Crippen LogP contribution in [0.15, 0.2) is 18.2 Å². The Bertz CT molecular complexity index is 578. The minimum absolute atomic E-state index is 0.213. The lowest BCUT2D eigenvalue weighted by Gasteiger charge is -2.10. The van der Waals surface area contributed by atoms with Crippen LogP contribution in [0, 0.1) is 19.7 Å². The summed E-state index contributed by atoms with van der Waals surface area (Å²) in [7, 11) is 0. The van der Waals surface area contributed by atoms with Crippen molar-refractivity contribution in [3.63, 3.8) is 0 Å². The van der Waals surface area contributed by atoms with Gasteiger partial charge in [0, 0.05) is 16.5 Å². The average molecular weight is 278 g/mol. The fourth-order valence-corrected chi connectivity index (χ4v) is 3.32. The molecule has 19 heavy (non-hydrogen) atoms. The van der Waals surface area contributed by atoms with Gasteiger partial charge in [0.25, 0.3) is 0 Å². The van der Waals surface area contributed by atoms with Crippen molar-refractivity contribution in [2.45, 2.75) is 33.7 Å². The fraction of sp³-hybridized carbons (Fsp3) is 0.400. The van der Waals surface area contributed by atoms with Crippen molar-refractivity contribution in [1.29, 1.82) is 0 Å². The van der Waals surface area contributed by atoms with E-state index in [-0.39, 0.29) is 11.9 Å². The number of hydrogen-bond acceptors (Lipinski definition) is 3. The lowest BCUT2D eigenvalue weighted by Crippen LogP contribution is -2.17. The highest BCUT2D eigenvalue weighted by molar-refractivity contribution is 7.15. The second kappa shape index (κ2) is 5.80. The zero-order valence-electron chi connectivity index (χ0n) is 11.7. The second-order valence-electron chi connectivity index (χ2n) is 4.71. The minimum atomic E-state index is -0.213. The van der Waals surface area contributed by atoms with Crippen molar-refractivity contribution in [3.05, 3.63) is 40.2 Å². The molecule has 4 heteroatoms. The molecule has 0 aliphatic carbocycles. The zero-order valence-corrected chi connectivity index (χ0v) is 12.6. The van der Waals surface area contributed by atoms with Crippen LogP contribution >= 0.6 is 11.3 Å².